The third kappa shape index (κ3) is 2.87. The molecule has 0 saturated heterocycles. The van der Waals surface area contributed by atoms with E-state index < -0.39 is 0 Å². The summed E-state index contributed by atoms with van der Waals surface area (Å²) in [6.07, 6.45) is 4.40. The number of methoxy groups -OCH3 is 1. The molecule has 0 bridgehead atoms. The Morgan fingerprint density at radius 3 is 2.78 bits per heavy atom. The summed E-state index contributed by atoms with van der Waals surface area (Å²) in [5.74, 6) is -0.0367. The highest BCUT2D eigenvalue weighted by Gasteiger charge is 2.45. The first kappa shape index (κ1) is 13.4. The summed E-state index contributed by atoms with van der Waals surface area (Å²) in [5.41, 5.74) is 1.53. The lowest BCUT2D eigenvalue weighted by atomic mass is 9.96. The number of carbonyl (C=O) groups excluding carboxylic acids is 1. The summed E-state index contributed by atoms with van der Waals surface area (Å²) in [6, 6.07) is 8.47. The second-order valence-corrected chi connectivity index (χ2v) is 5.54. The maximum absolute atomic E-state index is 11.5. The van der Waals surface area contributed by atoms with Crippen LogP contribution in [0, 0.1) is 0 Å². The van der Waals surface area contributed by atoms with Crippen molar-refractivity contribution >= 4 is 17.7 Å². The number of hydrogen-bond donors (Lipinski definition) is 1. The minimum Gasteiger partial charge on any atom is -0.375 e. The number of nitrogens with one attached hydrogen (secondary N) is 1. The van der Waals surface area contributed by atoms with Gasteiger partial charge in [-0.25, -0.2) is 0 Å². The summed E-state index contributed by atoms with van der Waals surface area (Å²) in [6.45, 7) is 0.854. The summed E-state index contributed by atoms with van der Waals surface area (Å²) >= 11 is 1.77. The Kier molecular flexibility index (Phi) is 4.30. The number of benzene rings is 1. The molecule has 2 rings (SSSR count). The van der Waals surface area contributed by atoms with Crippen LogP contribution in [0.5, 0.6) is 0 Å². The molecular formula is C14H19NO2S. The molecule has 0 aliphatic heterocycles. The number of ether oxygens (including phenoxy) is 1. The van der Waals surface area contributed by atoms with E-state index in [2.05, 4.69) is 35.8 Å². The summed E-state index contributed by atoms with van der Waals surface area (Å²) < 4.78 is 4.82. The smallest absolute Gasteiger partial charge is 0.246 e. The van der Waals surface area contributed by atoms with Crippen LogP contribution < -0.4 is 5.32 Å². The number of hydrogen-bond acceptors (Lipinski definition) is 3. The fourth-order valence-corrected chi connectivity index (χ4v) is 2.94. The number of carbonyl (C=O) groups is 1. The van der Waals surface area contributed by atoms with Crippen molar-refractivity contribution < 1.29 is 9.53 Å². The van der Waals surface area contributed by atoms with Gasteiger partial charge >= 0.3 is 0 Å². The van der Waals surface area contributed by atoms with Crippen LogP contribution in [0.2, 0.25) is 0 Å². The maximum atomic E-state index is 11.5. The van der Waals surface area contributed by atoms with Gasteiger partial charge in [-0.1, -0.05) is 18.2 Å². The molecule has 1 amide bonds. The molecule has 1 N–H and O–H groups in total. The van der Waals surface area contributed by atoms with Crippen molar-refractivity contribution in [2.45, 2.75) is 23.2 Å². The minimum atomic E-state index is -0.0367. The van der Waals surface area contributed by atoms with Gasteiger partial charge in [-0.05, 0) is 30.7 Å². The molecular weight excluding hydrogens is 246 g/mol. The molecule has 0 aromatic heterocycles. The summed E-state index contributed by atoms with van der Waals surface area (Å²) in [5, 5.41) is 2.96. The lowest BCUT2D eigenvalue weighted by Crippen LogP contribution is -2.34. The average Bonchev–Trinajstić information content (AvgIpc) is 3.18. The largest absolute Gasteiger partial charge is 0.375 e. The molecule has 1 aliphatic rings. The SMILES string of the molecule is COCC(=O)NCC1(c2ccccc2SC)CC1. The Bertz CT molecular complexity index is 430. The van der Waals surface area contributed by atoms with Gasteiger partial charge in [0.1, 0.15) is 6.61 Å². The van der Waals surface area contributed by atoms with E-state index in [1.807, 2.05) is 0 Å². The van der Waals surface area contributed by atoms with Gasteiger partial charge in [0.2, 0.25) is 5.91 Å². The molecule has 0 unspecified atom stereocenters. The molecule has 1 aromatic rings. The molecule has 1 saturated carbocycles. The standard InChI is InChI=1S/C14H19NO2S/c1-17-9-13(16)15-10-14(7-8-14)11-5-3-4-6-12(11)18-2/h3-6H,7-10H2,1-2H3,(H,15,16). The van der Waals surface area contributed by atoms with Crippen molar-refractivity contribution in [3.8, 4) is 0 Å². The van der Waals surface area contributed by atoms with Gasteiger partial charge in [-0.15, -0.1) is 11.8 Å². The summed E-state index contributed by atoms with van der Waals surface area (Å²) in [4.78, 5) is 12.8. The molecule has 98 valence electrons. The van der Waals surface area contributed by atoms with E-state index in [4.69, 9.17) is 4.74 Å². The van der Waals surface area contributed by atoms with Gasteiger partial charge in [-0.2, -0.15) is 0 Å². The number of rotatable bonds is 6. The van der Waals surface area contributed by atoms with Crippen molar-refractivity contribution in [2.24, 2.45) is 0 Å². The molecule has 0 heterocycles. The highest BCUT2D eigenvalue weighted by molar-refractivity contribution is 7.98. The van der Waals surface area contributed by atoms with E-state index in [0.29, 0.717) is 6.54 Å². The molecule has 0 atom stereocenters. The minimum absolute atomic E-state index is 0.0367. The first-order valence-electron chi connectivity index (χ1n) is 6.11. The van der Waals surface area contributed by atoms with E-state index in [9.17, 15) is 4.79 Å². The zero-order valence-electron chi connectivity index (χ0n) is 10.9. The van der Waals surface area contributed by atoms with Crippen molar-refractivity contribution in [2.75, 3.05) is 26.5 Å². The van der Waals surface area contributed by atoms with Gasteiger partial charge < -0.3 is 10.1 Å². The van der Waals surface area contributed by atoms with E-state index >= 15 is 0 Å². The molecule has 1 aromatic carbocycles. The van der Waals surface area contributed by atoms with Crippen LogP contribution in [0.1, 0.15) is 18.4 Å². The van der Waals surface area contributed by atoms with E-state index in [1.165, 1.54) is 17.6 Å². The quantitative estimate of drug-likeness (QED) is 0.801. The molecule has 3 nitrogen and oxygen atoms in total. The zero-order chi connectivity index (χ0) is 13.0. The van der Waals surface area contributed by atoms with E-state index in [1.54, 1.807) is 11.8 Å². The van der Waals surface area contributed by atoms with Gasteiger partial charge in [0.05, 0.1) is 0 Å². The molecule has 1 fully saturated rings. The Morgan fingerprint density at radius 2 is 2.17 bits per heavy atom. The zero-order valence-corrected chi connectivity index (χ0v) is 11.7. The first-order valence-corrected chi connectivity index (χ1v) is 7.33. The average molecular weight is 265 g/mol. The fourth-order valence-electron chi connectivity index (χ4n) is 2.22. The highest BCUT2D eigenvalue weighted by Crippen LogP contribution is 2.50. The van der Waals surface area contributed by atoms with Crippen LogP contribution in [0.25, 0.3) is 0 Å². The van der Waals surface area contributed by atoms with E-state index in [-0.39, 0.29) is 17.9 Å². The summed E-state index contributed by atoms with van der Waals surface area (Å²) in [7, 11) is 1.54. The van der Waals surface area contributed by atoms with Crippen molar-refractivity contribution in [3.05, 3.63) is 29.8 Å². The Hall–Kier alpha value is -1.00. The first-order chi connectivity index (χ1) is 8.72. The number of thioether (sulfide) groups is 1. The van der Waals surface area contributed by atoms with Crippen LogP contribution in [-0.2, 0) is 14.9 Å². The highest BCUT2D eigenvalue weighted by atomic mass is 32.2. The van der Waals surface area contributed by atoms with Gasteiger partial charge in [0.25, 0.3) is 0 Å². The fraction of sp³-hybridized carbons (Fsp3) is 0.500. The lowest BCUT2D eigenvalue weighted by molar-refractivity contribution is -0.124. The third-order valence-electron chi connectivity index (χ3n) is 3.43. The van der Waals surface area contributed by atoms with Gasteiger partial charge in [0, 0.05) is 24.0 Å². The lowest BCUT2D eigenvalue weighted by Gasteiger charge is -2.19. The molecule has 4 heteroatoms. The normalized spacial score (nSPS) is 16.3. The molecule has 1 aliphatic carbocycles. The third-order valence-corrected chi connectivity index (χ3v) is 4.23. The van der Waals surface area contributed by atoms with E-state index in [0.717, 1.165) is 12.8 Å². The molecule has 0 spiro atoms. The van der Waals surface area contributed by atoms with Crippen molar-refractivity contribution in [3.63, 3.8) is 0 Å². The molecule has 0 radical (unpaired) electrons. The van der Waals surface area contributed by atoms with Crippen LogP contribution in [0.15, 0.2) is 29.2 Å². The Morgan fingerprint density at radius 1 is 1.44 bits per heavy atom. The second kappa shape index (κ2) is 5.76. The van der Waals surface area contributed by atoms with Crippen LogP contribution in [-0.4, -0.2) is 32.4 Å². The topological polar surface area (TPSA) is 38.3 Å². The Balaban J connectivity index is 2.05. The van der Waals surface area contributed by atoms with Crippen LogP contribution >= 0.6 is 11.8 Å². The van der Waals surface area contributed by atoms with Gasteiger partial charge in [-0.3, -0.25) is 4.79 Å². The predicted octanol–water partition coefficient (Wildman–Crippen LogP) is 2.20. The van der Waals surface area contributed by atoms with Crippen molar-refractivity contribution in [1.82, 2.24) is 5.32 Å². The monoisotopic (exact) mass is 265 g/mol. The van der Waals surface area contributed by atoms with Crippen LogP contribution in [0.3, 0.4) is 0 Å². The number of amides is 1. The van der Waals surface area contributed by atoms with Gasteiger partial charge in [0.15, 0.2) is 0 Å². The van der Waals surface area contributed by atoms with Crippen LogP contribution in [0.4, 0.5) is 0 Å². The molecule has 18 heavy (non-hydrogen) atoms. The Labute approximate surface area is 112 Å². The second-order valence-electron chi connectivity index (χ2n) is 4.69. The predicted molar refractivity (Wildman–Crippen MR) is 74.0 cm³/mol. The maximum Gasteiger partial charge on any atom is 0.246 e. The van der Waals surface area contributed by atoms with Crippen molar-refractivity contribution in [1.29, 1.82) is 0 Å².